The fourth-order valence-corrected chi connectivity index (χ4v) is 2.25. The van der Waals surface area contributed by atoms with Crippen LogP contribution < -0.4 is 10.5 Å². The number of amides is 1. The maximum absolute atomic E-state index is 13.2. The topological polar surface area (TPSA) is 55.6 Å². The molecule has 1 aliphatic carbocycles. The van der Waals surface area contributed by atoms with Crippen LogP contribution >= 0.6 is 0 Å². The van der Waals surface area contributed by atoms with Crippen LogP contribution in [0.5, 0.6) is 5.75 Å². The molecular formula is C15H21FN2O2. The third kappa shape index (κ3) is 3.48. The number of likely N-dealkylation sites (N-methyl/N-ethyl adjacent to an activating group) is 1. The standard InChI is InChI=1S/C15H21FN2O2/c1-3-18(12-5-6-12)15(19)9-20-14-7-4-11(16)8-13(14)10(2)17/h4,7-8,10,12H,3,5-6,9,17H2,1-2H3/t10-/m0/s1. The summed E-state index contributed by atoms with van der Waals surface area (Å²) >= 11 is 0. The summed E-state index contributed by atoms with van der Waals surface area (Å²) in [4.78, 5) is 13.9. The quantitative estimate of drug-likeness (QED) is 0.869. The number of nitrogens with zero attached hydrogens (tertiary/aromatic N) is 1. The predicted molar refractivity (Wildman–Crippen MR) is 74.9 cm³/mol. The average Bonchev–Trinajstić information content (AvgIpc) is 3.22. The van der Waals surface area contributed by atoms with E-state index in [1.54, 1.807) is 6.92 Å². The van der Waals surface area contributed by atoms with Crippen LogP contribution in [0.2, 0.25) is 0 Å². The Kier molecular flexibility index (Phi) is 4.60. The van der Waals surface area contributed by atoms with Crippen molar-refractivity contribution in [3.63, 3.8) is 0 Å². The number of rotatable bonds is 6. The van der Waals surface area contributed by atoms with Crippen molar-refractivity contribution in [1.29, 1.82) is 0 Å². The number of hydrogen-bond donors (Lipinski definition) is 1. The van der Waals surface area contributed by atoms with Crippen molar-refractivity contribution >= 4 is 5.91 Å². The SMILES string of the molecule is CCN(C(=O)COc1ccc(F)cc1[C@H](C)N)C1CC1. The van der Waals surface area contributed by atoms with Gasteiger partial charge in [-0.25, -0.2) is 4.39 Å². The molecule has 0 radical (unpaired) electrons. The van der Waals surface area contributed by atoms with Gasteiger partial charge in [0.05, 0.1) is 0 Å². The first-order chi connectivity index (χ1) is 9.52. The van der Waals surface area contributed by atoms with E-state index in [0.29, 0.717) is 23.9 Å². The molecule has 1 amide bonds. The van der Waals surface area contributed by atoms with Gasteiger partial charge in [0.1, 0.15) is 11.6 Å². The van der Waals surface area contributed by atoms with E-state index in [-0.39, 0.29) is 24.4 Å². The van der Waals surface area contributed by atoms with Gasteiger partial charge in [0.25, 0.3) is 5.91 Å². The first-order valence-electron chi connectivity index (χ1n) is 7.00. The van der Waals surface area contributed by atoms with Crippen LogP contribution in [0.15, 0.2) is 18.2 Å². The molecule has 0 saturated heterocycles. The van der Waals surface area contributed by atoms with Crippen LogP contribution in [-0.2, 0) is 4.79 Å². The van der Waals surface area contributed by atoms with Crippen molar-refractivity contribution in [1.82, 2.24) is 4.90 Å². The van der Waals surface area contributed by atoms with Crippen LogP contribution in [0.1, 0.15) is 38.3 Å². The smallest absolute Gasteiger partial charge is 0.260 e. The van der Waals surface area contributed by atoms with Crippen molar-refractivity contribution < 1.29 is 13.9 Å². The van der Waals surface area contributed by atoms with E-state index in [1.807, 2.05) is 11.8 Å². The second kappa shape index (κ2) is 6.22. The predicted octanol–water partition coefficient (Wildman–Crippen LogP) is 2.24. The summed E-state index contributed by atoms with van der Waals surface area (Å²) in [6.07, 6.45) is 2.14. The largest absolute Gasteiger partial charge is 0.483 e. The maximum atomic E-state index is 13.2. The molecule has 0 aliphatic heterocycles. The summed E-state index contributed by atoms with van der Waals surface area (Å²) in [5.74, 6) is 0.0840. The van der Waals surface area contributed by atoms with Gasteiger partial charge in [-0.1, -0.05) is 0 Å². The zero-order valence-electron chi connectivity index (χ0n) is 11.9. The van der Waals surface area contributed by atoms with Gasteiger partial charge in [0.2, 0.25) is 0 Å². The fraction of sp³-hybridized carbons (Fsp3) is 0.533. The number of carbonyl (C=O) groups excluding carboxylic acids is 1. The molecule has 2 N–H and O–H groups in total. The van der Waals surface area contributed by atoms with E-state index in [1.165, 1.54) is 18.2 Å². The van der Waals surface area contributed by atoms with E-state index >= 15 is 0 Å². The molecule has 110 valence electrons. The number of benzene rings is 1. The normalized spacial score (nSPS) is 15.8. The molecule has 0 heterocycles. The lowest BCUT2D eigenvalue weighted by atomic mass is 10.1. The van der Waals surface area contributed by atoms with Crippen molar-refractivity contribution in [3.05, 3.63) is 29.6 Å². The van der Waals surface area contributed by atoms with E-state index in [4.69, 9.17) is 10.5 Å². The summed E-state index contributed by atoms with van der Waals surface area (Å²) in [5, 5.41) is 0. The Morgan fingerprint density at radius 2 is 2.25 bits per heavy atom. The van der Waals surface area contributed by atoms with Crippen LogP contribution in [0, 0.1) is 5.82 Å². The third-order valence-corrected chi connectivity index (χ3v) is 3.46. The number of carbonyl (C=O) groups is 1. The number of hydrogen-bond acceptors (Lipinski definition) is 3. The fourth-order valence-electron chi connectivity index (χ4n) is 2.25. The minimum Gasteiger partial charge on any atom is -0.483 e. The van der Waals surface area contributed by atoms with Gasteiger partial charge in [-0.15, -0.1) is 0 Å². The zero-order chi connectivity index (χ0) is 14.7. The van der Waals surface area contributed by atoms with E-state index in [2.05, 4.69) is 0 Å². The second-order valence-corrected chi connectivity index (χ2v) is 5.17. The van der Waals surface area contributed by atoms with Crippen LogP contribution in [0.25, 0.3) is 0 Å². The molecular weight excluding hydrogens is 259 g/mol. The lowest BCUT2D eigenvalue weighted by Gasteiger charge is -2.21. The number of ether oxygens (including phenoxy) is 1. The first kappa shape index (κ1) is 14.8. The minimum atomic E-state index is -0.357. The molecule has 1 aromatic rings. The lowest BCUT2D eigenvalue weighted by molar-refractivity contribution is -0.133. The van der Waals surface area contributed by atoms with Gasteiger partial charge < -0.3 is 15.4 Å². The van der Waals surface area contributed by atoms with Gasteiger partial charge in [0.15, 0.2) is 6.61 Å². The molecule has 1 aromatic carbocycles. The first-order valence-corrected chi connectivity index (χ1v) is 7.00. The van der Waals surface area contributed by atoms with Gasteiger partial charge in [-0.2, -0.15) is 0 Å². The average molecular weight is 280 g/mol. The Balaban J connectivity index is 2.01. The lowest BCUT2D eigenvalue weighted by Crippen LogP contribution is -2.36. The molecule has 1 atom stereocenters. The van der Waals surface area contributed by atoms with Crippen molar-refractivity contribution in [3.8, 4) is 5.75 Å². The highest BCUT2D eigenvalue weighted by Gasteiger charge is 2.31. The summed E-state index contributed by atoms with van der Waals surface area (Å²) in [6.45, 7) is 4.37. The molecule has 5 heteroatoms. The molecule has 0 aromatic heterocycles. The molecule has 1 fully saturated rings. The van der Waals surface area contributed by atoms with Gasteiger partial charge in [-0.05, 0) is 44.9 Å². The van der Waals surface area contributed by atoms with Crippen molar-refractivity contribution in [2.24, 2.45) is 5.73 Å². The Morgan fingerprint density at radius 3 is 2.80 bits per heavy atom. The summed E-state index contributed by atoms with van der Waals surface area (Å²) in [7, 11) is 0. The third-order valence-electron chi connectivity index (χ3n) is 3.46. The summed E-state index contributed by atoms with van der Waals surface area (Å²) < 4.78 is 18.8. The molecule has 2 rings (SSSR count). The highest BCUT2D eigenvalue weighted by atomic mass is 19.1. The molecule has 1 saturated carbocycles. The van der Waals surface area contributed by atoms with Gasteiger partial charge in [-0.3, -0.25) is 4.79 Å². The molecule has 0 spiro atoms. The highest BCUT2D eigenvalue weighted by molar-refractivity contribution is 5.78. The van der Waals surface area contributed by atoms with Crippen LogP contribution in [0.3, 0.4) is 0 Å². The van der Waals surface area contributed by atoms with Crippen LogP contribution in [-0.4, -0.2) is 30.0 Å². The van der Waals surface area contributed by atoms with E-state index in [0.717, 1.165) is 12.8 Å². The van der Waals surface area contributed by atoms with Crippen LogP contribution in [0.4, 0.5) is 4.39 Å². The molecule has 1 aliphatic rings. The van der Waals surface area contributed by atoms with Gasteiger partial charge >= 0.3 is 0 Å². The minimum absolute atomic E-state index is 0.0321. The molecule has 20 heavy (non-hydrogen) atoms. The van der Waals surface area contributed by atoms with E-state index in [9.17, 15) is 9.18 Å². The monoisotopic (exact) mass is 280 g/mol. The van der Waals surface area contributed by atoms with Gasteiger partial charge in [0, 0.05) is 24.2 Å². The Bertz CT molecular complexity index is 487. The highest BCUT2D eigenvalue weighted by Crippen LogP contribution is 2.27. The molecule has 0 bridgehead atoms. The Morgan fingerprint density at radius 1 is 1.55 bits per heavy atom. The molecule has 4 nitrogen and oxygen atoms in total. The van der Waals surface area contributed by atoms with Crippen molar-refractivity contribution in [2.75, 3.05) is 13.2 Å². The van der Waals surface area contributed by atoms with E-state index < -0.39 is 0 Å². The number of nitrogens with two attached hydrogens (primary N) is 1. The number of halogens is 1. The second-order valence-electron chi connectivity index (χ2n) is 5.17. The summed E-state index contributed by atoms with van der Waals surface area (Å²) in [5.41, 5.74) is 6.37. The molecule has 0 unspecified atom stereocenters. The Labute approximate surface area is 118 Å². The maximum Gasteiger partial charge on any atom is 0.260 e. The Hall–Kier alpha value is -1.62. The summed E-state index contributed by atoms with van der Waals surface area (Å²) in [6, 6.07) is 4.21. The van der Waals surface area contributed by atoms with Crippen molar-refractivity contribution in [2.45, 2.75) is 38.8 Å². The zero-order valence-corrected chi connectivity index (χ0v) is 11.9.